The van der Waals surface area contributed by atoms with Gasteiger partial charge in [0, 0.05) is 63.2 Å². The lowest BCUT2D eigenvalue weighted by atomic mass is 10.1. The number of amides is 1. The molecule has 2 saturated heterocycles. The number of ether oxygens (including phenoxy) is 3. The molecule has 2 fully saturated rings. The molecule has 0 N–H and O–H groups in total. The Kier molecular flexibility index (Phi) is 8.05. The van der Waals surface area contributed by atoms with Crippen LogP contribution in [0.25, 0.3) is 0 Å². The molecule has 0 bridgehead atoms. The zero-order chi connectivity index (χ0) is 26.6. The van der Waals surface area contributed by atoms with E-state index < -0.39 is 0 Å². The lowest BCUT2D eigenvalue weighted by molar-refractivity contribution is 0.0303. The van der Waals surface area contributed by atoms with Crippen LogP contribution in [-0.2, 0) is 17.0 Å². The molecule has 1 aromatic heterocycles. The number of nitrogens with zero attached hydrogens (tertiary/aromatic N) is 5. The number of anilines is 1. The summed E-state index contributed by atoms with van der Waals surface area (Å²) in [6.45, 7) is 7.14. The van der Waals surface area contributed by atoms with Crippen LogP contribution in [0.2, 0.25) is 5.15 Å². The molecular formula is C28H30ClN5O4S. The summed E-state index contributed by atoms with van der Waals surface area (Å²) in [5.41, 5.74) is 2.95. The van der Waals surface area contributed by atoms with Crippen molar-refractivity contribution in [3.05, 3.63) is 70.4 Å². The first kappa shape index (κ1) is 26.2. The van der Waals surface area contributed by atoms with Gasteiger partial charge in [-0.1, -0.05) is 41.6 Å². The van der Waals surface area contributed by atoms with Crippen LogP contribution in [-0.4, -0.2) is 85.0 Å². The van der Waals surface area contributed by atoms with Crippen LogP contribution in [0.4, 0.5) is 5.82 Å². The van der Waals surface area contributed by atoms with Gasteiger partial charge in [0.25, 0.3) is 5.91 Å². The van der Waals surface area contributed by atoms with Gasteiger partial charge in [-0.25, -0.2) is 9.97 Å². The Morgan fingerprint density at radius 3 is 2.56 bits per heavy atom. The second kappa shape index (κ2) is 12.0. The average Bonchev–Trinajstić information content (AvgIpc) is 3.44. The minimum atomic E-state index is 0.0455. The predicted octanol–water partition coefficient (Wildman–Crippen LogP) is 3.95. The molecule has 11 heteroatoms. The smallest absolute Gasteiger partial charge is 0.254 e. The number of carbonyl (C=O) groups excluding carboxylic acids is 1. The van der Waals surface area contributed by atoms with Gasteiger partial charge in [0.15, 0.2) is 16.7 Å². The summed E-state index contributed by atoms with van der Waals surface area (Å²) >= 11 is 7.93. The quantitative estimate of drug-likeness (QED) is 0.239. The Morgan fingerprint density at radius 2 is 1.72 bits per heavy atom. The molecule has 0 saturated carbocycles. The van der Waals surface area contributed by atoms with Crippen molar-refractivity contribution in [3.8, 4) is 11.5 Å². The normalized spacial score (nSPS) is 17.5. The summed E-state index contributed by atoms with van der Waals surface area (Å²) in [5, 5.41) is 1.06. The van der Waals surface area contributed by atoms with Gasteiger partial charge in [-0.15, -0.1) is 0 Å². The van der Waals surface area contributed by atoms with Crippen LogP contribution in [0.15, 0.2) is 53.7 Å². The van der Waals surface area contributed by atoms with Gasteiger partial charge < -0.3 is 24.0 Å². The predicted molar refractivity (Wildman–Crippen MR) is 150 cm³/mol. The Morgan fingerprint density at radius 1 is 0.897 bits per heavy atom. The lowest BCUT2D eigenvalue weighted by Gasteiger charge is -2.35. The second-order valence-electron chi connectivity index (χ2n) is 9.68. The van der Waals surface area contributed by atoms with E-state index in [1.165, 1.54) is 17.3 Å². The number of hydrogen-bond donors (Lipinski definition) is 0. The van der Waals surface area contributed by atoms with E-state index in [1.54, 1.807) is 0 Å². The molecule has 0 unspecified atom stereocenters. The van der Waals surface area contributed by atoms with Crippen molar-refractivity contribution in [1.29, 1.82) is 0 Å². The Hall–Kier alpha value is -3.05. The van der Waals surface area contributed by atoms with E-state index in [2.05, 4.69) is 26.9 Å². The van der Waals surface area contributed by atoms with E-state index in [1.807, 2.05) is 41.3 Å². The minimum Gasteiger partial charge on any atom is -0.454 e. The maximum absolute atomic E-state index is 12.9. The van der Waals surface area contributed by atoms with E-state index >= 15 is 0 Å². The zero-order valence-electron chi connectivity index (χ0n) is 21.6. The zero-order valence-corrected chi connectivity index (χ0v) is 23.1. The van der Waals surface area contributed by atoms with Gasteiger partial charge in [0.05, 0.1) is 13.2 Å². The molecule has 39 heavy (non-hydrogen) atoms. The summed E-state index contributed by atoms with van der Waals surface area (Å²) < 4.78 is 16.3. The molecule has 2 aromatic carbocycles. The maximum atomic E-state index is 12.9. The van der Waals surface area contributed by atoms with Crippen LogP contribution < -0.4 is 14.4 Å². The van der Waals surface area contributed by atoms with E-state index in [-0.39, 0.29) is 5.91 Å². The highest BCUT2D eigenvalue weighted by atomic mass is 35.5. The molecule has 6 rings (SSSR count). The third-order valence-electron chi connectivity index (χ3n) is 7.04. The fourth-order valence-corrected chi connectivity index (χ4v) is 5.96. The third kappa shape index (κ3) is 6.41. The van der Waals surface area contributed by atoms with Crippen molar-refractivity contribution in [2.75, 3.05) is 64.2 Å². The van der Waals surface area contributed by atoms with Gasteiger partial charge in [-0.3, -0.25) is 9.69 Å². The Labute approximate surface area is 237 Å². The van der Waals surface area contributed by atoms with Crippen LogP contribution in [0.1, 0.15) is 21.5 Å². The molecule has 9 nitrogen and oxygen atoms in total. The number of halogens is 1. The Balaban J connectivity index is 1.04. The number of thioether (sulfide) groups is 1. The molecule has 3 aromatic rings. The van der Waals surface area contributed by atoms with Crippen LogP contribution in [0, 0.1) is 0 Å². The van der Waals surface area contributed by atoms with Crippen molar-refractivity contribution >= 4 is 35.1 Å². The van der Waals surface area contributed by atoms with Crippen molar-refractivity contribution < 1.29 is 19.0 Å². The number of carbonyl (C=O) groups is 1. The second-order valence-corrected chi connectivity index (χ2v) is 11.0. The number of morpholine rings is 1. The van der Waals surface area contributed by atoms with Crippen molar-refractivity contribution in [3.63, 3.8) is 0 Å². The van der Waals surface area contributed by atoms with E-state index in [0.29, 0.717) is 54.7 Å². The van der Waals surface area contributed by atoms with Gasteiger partial charge in [0.2, 0.25) is 6.79 Å². The number of hydrogen-bond acceptors (Lipinski definition) is 9. The molecule has 0 atom stereocenters. The molecule has 0 spiro atoms. The minimum absolute atomic E-state index is 0.0455. The standard InChI is InChI=1S/C28H30ClN5O4S/c29-25-16-26(33-8-6-32(7-9-33)17-20-4-5-23-24(15-20)38-19-37-23)31-28(30-25)39-18-21-2-1-3-22(14-21)27(35)34-10-12-36-13-11-34/h1-5,14-16H,6-13,17-19H2. The first-order valence-corrected chi connectivity index (χ1v) is 14.5. The summed E-state index contributed by atoms with van der Waals surface area (Å²) in [6.07, 6.45) is 0. The molecular weight excluding hydrogens is 538 g/mol. The van der Waals surface area contributed by atoms with Crippen LogP contribution in [0.3, 0.4) is 0 Å². The number of rotatable bonds is 7. The van der Waals surface area contributed by atoms with Gasteiger partial charge in [-0.2, -0.15) is 0 Å². The highest BCUT2D eigenvalue weighted by Crippen LogP contribution is 2.33. The summed E-state index contributed by atoms with van der Waals surface area (Å²) in [6, 6.07) is 15.7. The van der Waals surface area contributed by atoms with E-state index in [0.717, 1.165) is 55.6 Å². The van der Waals surface area contributed by atoms with Crippen LogP contribution in [0.5, 0.6) is 11.5 Å². The number of fused-ring (bicyclic) bond motifs is 1. The van der Waals surface area contributed by atoms with E-state index in [9.17, 15) is 4.79 Å². The first-order chi connectivity index (χ1) is 19.1. The number of piperazine rings is 1. The number of aromatic nitrogens is 2. The number of benzene rings is 2. The summed E-state index contributed by atoms with van der Waals surface area (Å²) in [5.74, 6) is 3.17. The summed E-state index contributed by atoms with van der Waals surface area (Å²) in [7, 11) is 0. The third-order valence-corrected chi connectivity index (χ3v) is 8.15. The SMILES string of the molecule is O=C(c1cccc(CSc2nc(Cl)cc(N3CCN(Cc4ccc5c(c4)OCO5)CC3)n2)c1)N1CCOCC1. The molecule has 204 valence electrons. The molecule has 4 heterocycles. The highest BCUT2D eigenvalue weighted by molar-refractivity contribution is 7.98. The largest absolute Gasteiger partial charge is 0.454 e. The topological polar surface area (TPSA) is 80.3 Å². The molecule has 1 amide bonds. The fourth-order valence-electron chi connectivity index (χ4n) is 4.94. The monoisotopic (exact) mass is 567 g/mol. The average molecular weight is 568 g/mol. The van der Waals surface area contributed by atoms with Crippen molar-refractivity contribution in [2.45, 2.75) is 17.5 Å². The lowest BCUT2D eigenvalue weighted by Crippen LogP contribution is -2.46. The summed E-state index contributed by atoms with van der Waals surface area (Å²) in [4.78, 5) is 28.6. The molecule has 0 aliphatic carbocycles. The molecule has 0 radical (unpaired) electrons. The van der Waals surface area contributed by atoms with Gasteiger partial charge in [0.1, 0.15) is 11.0 Å². The van der Waals surface area contributed by atoms with E-state index in [4.69, 9.17) is 30.8 Å². The van der Waals surface area contributed by atoms with Crippen molar-refractivity contribution in [1.82, 2.24) is 19.8 Å². The first-order valence-electron chi connectivity index (χ1n) is 13.1. The molecule has 3 aliphatic rings. The molecule has 3 aliphatic heterocycles. The van der Waals surface area contributed by atoms with Crippen LogP contribution >= 0.6 is 23.4 Å². The maximum Gasteiger partial charge on any atom is 0.254 e. The fraction of sp³-hybridized carbons (Fsp3) is 0.393. The van der Waals surface area contributed by atoms with Gasteiger partial charge >= 0.3 is 0 Å². The Bertz CT molecular complexity index is 1330. The highest BCUT2D eigenvalue weighted by Gasteiger charge is 2.22. The van der Waals surface area contributed by atoms with Gasteiger partial charge in [-0.05, 0) is 35.4 Å². The van der Waals surface area contributed by atoms with Crippen molar-refractivity contribution in [2.24, 2.45) is 0 Å².